The first-order valence-electron chi connectivity index (χ1n) is 9.31. The van der Waals surface area contributed by atoms with Crippen molar-refractivity contribution in [3.63, 3.8) is 0 Å². The number of rotatable bonds is 4. The highest BCUT2D eigenvalue weighted by Crippen LogP contribution is 2.23. The number of alkyl halides is 3. The molecule has 0 radical (unpaired) electrons. The molecule has 0 aliphatic carbocycles. The number of nitrogens with one attached hydrogen (secondary N) is 1. The first kappa shape index (κ1) is 19.3. The number of piperazine rings is 1. The van der Waals surface area contributed by atoms with Gasteiger partial charge in [0.05, 0.1) is 0 Å². The molecular formula is C21H20F3N3O2. The molecule has 0 saturated carbocycles. The number of halogens is 3. The largest absolute Gasteiger partial charge is 0.573 e. The number of carbonyl (C=O) groups excluding carboxylic acids is 1. The zero-order valence-corrected chi connectivity index (χ0v) is 15.6. The minimum absolute atomic E-state index is 0.00908. The molecule has 1 fully saturated rings. The van der Waals surface area contributed by atoms with Crippen molar-refractivity contribution in [2.75, 3.05) is 26.2 Å². The SMILES string of the molecule is O=C(c1ccc2cc[nH]c2c1)N1CCN(Cc2ccc(OC(F)(F)F)cc2)CC1. The normalized spacial score (nSPS) is 15.6. The monoisotopic (exact) mass is 403 g/mol. The summed E-state index contributed by atoms with van der Waals surface area (Å²) in [6.45, 7) is 3.24. The molecule has 1 saturated heterocycles. The van der Waals surface area contributed by atoms with E-state index in [1.54, 1.807) is 12.1 Å². The van der Waals surface area contributed by atoms with Crippen molar-refractivity contribution >= 4 is 16.8 Å². The van der Waals surface area contributed by atoms with E-state index in [1.807, 2.05) is 35.4 Å². The third-order valence-electron chi connectivity index (χ3n) is 5.02. The predicted molar refractivity (Wildman–Crippen MR) is 103 cm³/mol. The Morgan fingerprint density at radius 2 is 1.72 bits per heavy atom. The lowest BCUT2D eigenvalue weighted by Crippen LogP contribution is -2.48. The Labute approximate surface area is 165 Å². The summed E-state index contributed by atoms with van der Waals surface area (Å²) in [5.41, 5.74) is 2.50. The lowest BCUT2D eigenvalue weighted by Gasteiger charge is -2.34. The van der Waals surface area contributed by atoms with Crippen molar-refractivity contribution in [1.29, 1.82) is 0 Å². The lowest BCUT2D eigenvalue weighted by atomic mass is 10.1. The molecule has 1 N–H and O–H groups in total. The van der Waals surface area contributed by atoms with E-state index in [9.17, 15) is 18.0 Å². The lowest BCUT2D eigenvalue weighted by molar-refractivity contribution is -0.274. The van der Waals surface area contributed by atoms with E-state index in [2.05, 4.69) is 14.6 Å². The minimum atomic E-state index is -4.68. The number of hydrogen-bond donors (Lipinski definition) is 1. The maximum Gasteiger partial charge on any atom is 0.573 e. The number of benzene rings is 2. The predicted octanol–water partition coefficient (Wildman–Crippen LogP) is 4.02. The summed E-state index contributed by atoms with van der Waals surface area (Å²) >= 11 is 0. The molecule has 1 aliphatic heterocycles. The van der Waals surface area contributed by atoms with Gasteiger partial charge in [-0.2, -0.15) is 0 Å². The van der Waals surface area contributed by atoms with Crippen molar-refractivity contribution in [3.05, 3.63) is 65.9 Å². The Balaban J connectivity index is 1.31. The topological polar surface area (TPSA) is 48.6 Å². The van der Waals surface area contributed by atoms with Crippen molar-refractivity contribution in [2.45, 2.75) is 12.9 Å². The molecule has 5 nitrogen and oxygen atoms in total. The molecule has 2 aromatic carbocycles. The Hall–Kier alpha value is -3.00. The van der Waals surface area contributed by atoms with Crippen LogP contribution in [-0.4, -0.2) is 53.2 Å². The summed E-state index contributed by atoms with van der Waals surface area (Å²) in [5.74, 6) is -0.217. The van der Waals surface area contributed by atoms with Crippen LogP contribution in [0.1, 0.15) is 15.9 Å². The highest BCUT2D eigenvalue weighted by atomic mass is 19.4. The van der Waals surface area contributed by atoms with Crippen molar-refractivity contribution in [2.24, 2.45) is 0 Å². The first-order valence-corrected chi connectivity index (χ1v) is 9.31. The molecule has 1 aliphatic rings. The smallest absolute Gasteiger partial charge is 0.406 e. The van der Waals surface area contributed by atoms with Gasteiger partial charge in [-0.25, -0.2) is 0 Å². The number of carbonyl (C=O) groups is 1. The van der Waals surface area contributed by atoms with Gasteiger partial charge in [-0.15, -0.1) is 13.2 Å². The second-order valence-corrected chi connectivity index (χ2v) is 7.04. The number of fused-ring (bicyclic) bond motifs is 1. The van der Waals surface area contributed by atoms with Gasteiger partial charge in [-0.1, -0.05) is 18.2 Å². The average Bonchev–Trinajstić information content (AvgIpc) is 3.16. The maximum atomic E-state index is 12.8. The van der Waals surface area contributed by atoms with Gasteiger partial charge >= 0.3 is 6.36 Å². The van der Waals surface area contributed by atoms with Crippen LogP contribution in [0.3, 0.4) is 0 Å². The molecule has 0 unspecified atom stereocenters. The fraction of sp³-hybridized carbons (Fsp3) is 0.286. The zero-order chi connectivity index (χ0) is 20.4. The maximum absolute atomic E-state index is 12.8. The van der Waals surface area contributed by atoms with E-state index < -0.39 is 6.36 Å². The molecule has 29 heavy (non-hydrogen) atoms. The van der Waals surface area contributed by atoms with E-state index in [0.717, 1.165) is 16.5 Å². The van der Waals surface area contributed by atoms with Gasteiger partial charge in [-0.3, -0.25) is 9.69 Å². The molecule has 0 spiro atoms. The van der Waals surface area contributed by atoms with Gasteiger partial charge in [-0.05, 0) is 41.3 Å². The summed E-state index contributed by atoms with van der Waals surface area (Å²) in [4.78, 5) is 19.9. The van der Waals surface area contributed by atoms with E-state index in [-0.39, 0.29) is 11.7 Å². The molecule has 4 rings (SSSR count). The number of aromatic nitrogens is 1. The highest BCUT2D eigenvalue weighted by Gasteiger charge is 2.31. The number of aromatic amines is 1. The second-order valence-electron chi connectivity index (χ2n) is 7.04. The Morgan fingerprint density at radius 1 is 1.00 bits per heavy atom. The van der Waals surface area contributed by atoms with Crippen LogP contribution in [0.2, 0.25) is 0 Å². The average molecular weight is 403 g/mol. The van der Waals surface area contributed by atoms with Crippen LogP contribution in [0.4, 0.5) is 13.2 Å². The molecular weight excluding hydrogens is 383 g/mol. The van der Waals surface area contributed by atoms with Gasteiger partial charge in [0.1, 0.15) is 5.75 Å². The number of ether oxygens (including phenoxy) is 1. The number of hydrogen-bond acceptors (Lipinski definition) is 3. The van der Waals surface area contributed by atoms with Gasteiger partial charge in [0.2, 0.25) is 0 Å². The van der Waals surface area contributed by atoms with Crippen LogP contribution in [0.5, 0.6) is 5.75 Å². The van der Waals surface area contributed by atoms with Crippen molar-refractivity contribution in [1.82, 2.24) is 14.8 Å². The van der Waals surface area contributed by atoms with E-state index in [4.69, 9.17) is 0 Å². The van der Waals surface area contributed by atoms with Crippen LogP contribution < -0.4 is 4.74 Å². The quantitative estimate of drug-likeness (QED) is 0.716. The van der Waals surface area contributed by atoms with Crippen molar-refractivity contribution in [3.8, 4) is 5.75 Å². The molecule has 0 atom stereocenters. The fourth-order valence-corrected chi connectivity index (χ4v) is 3.53. The first-order chi connectivity index (χ1) is 13.9. The third-order valence-corrected chi connectivity index (χ3v) is 5.02. The van der Waals surface area contributed by atoms with Crippen LogP contribution >= 0.6 is 0 Å². The van der Waals surface area contributed by atoms with Gasteiger partial charge < -0.3 is 14.6 Å². The summed E-state index contributed by atoms with van der Waals surface area (Å²) in [5, 5.41) is 1.07. The summed E-state index contributed by atoms with van der Waals surface area (Å²) < 4.78 is 40.6. The Morgan fingerprint density at radius 3 is 2.41 bits per heavy atom. The molecule has 3 aromatic rings. The van der Waals surface area contributed by atoms with E-state index in [1.165, 1.54) is 12.1 Å². The second kappa shape index (κ2) is 7.79. The number of nitrogens with zero attached hydrogens (tertiary/aromatic N) is 2. The molecule has 1 aromatic heterocycles. The Kier molecular flexibility index (Phi) is 5.19. The molecule has 152 valence electrons. The number of amides is 1. The summed E-state index contributed by atoms with van der Waals surface area (Å²) in [7, 11) is 0. The van der Waals surface area contributed by atoms with E-state index >= 15 is 0 Å². The summed E-state index contributed by atoms with van der Waals surface area (Å²) in [6, 6.07) is 13.5. The Bertz CT molecular complexity index is 990. The van der Waals surface area contributed by atoms with E-state index in [0.29, 0.717) is 38.3 Å². The van der Waals surface area contributed by atoms with Gasteiger partial charge in [0.25, 0.3) is 5.91 Å². The third kappa shape index (κ3) is 4.71. The summed E-state index contributed by atoms with van der Waals surface area (Å²) in [6.07, 6.45) is -2.84. The standard InChI is InChI=1S/C21H20F3N3O2/c22-21(23,24)29-18-5-1-15(2-6-18)14-26-9-11-27(12-10-26)20(28)17-4-3-16-7-8-25-19(16)13-17/h1-8,13,25H,9-12,14H2. The van der Waals surface area contributed by atoms with Crippen molar-refractivity contribution < 1.29 is 22.7 Å². The van der Waals surface area contributed by atoms with Crippen LogP contribution in [0.15, 0.2) is 54.7 Å². The molecule has 1 amide bonds. The van der Waals surface area contributed by atoms with Crippen LogP contribution in [0.25, 0.3) is 10.9 Å². The number of H-pyrrole nitrogens is 1. The molecule has 0 bridgehead atoms. The minimum Gasteiger partial charge on any atom is -0.406 e. The fourth-order valence-electron chi connectivity index (χ4n) is 3.53. The van der Waals surface area contributed by atoms with Crippen LogP contribution in [0, 0.1) is 0 Å². The van der Waals surface area contributed by atoms with Crippen LogP contribution in [-0.2, 0) is 6.54 Å². The zero-order valence-electron chi connectivity index (χ0n) is 15.6. The van der Waals surface area contributed by atoms with Gasteiger partial charge in [0, 0.05) is 50.0 Å². The van der Waals surface area contributed by atoms with Gasteiger partial charge in [0.15, 0.2) is 0 Å². The molecule has 8 heteroatoms. The highest BCUT2D eigenvalue weighted by molar-refractivity contribution is 5.98. The molecule has 2 heterocycles.